The molecule has 1 aromatic rings. The highest BCUT2D eigenvalue weighted by atomic mass is 79.9. The first-order chi connectivity index (χ1) is 15.2. The number of nitrogens with zero attached hydrogens (tertiary/aromatic N) is 1. The summed E-state index contributed by atoms with van der Waals surface area (Å²) in [5.41, 5.74) is 0.420. The highest BCUT2D eigenvalue weighted by Gasteiger charge is 2.34. The second-order valence-corrected chi connectivity index (χ2v) is 9.66. The van der Waals surface area contributed by atoms with Crippen LogP contribution >= 0.6 is 31.9 Å². The van der Waals surface area contributed by atoms with Crippen molar-refractivity contribution in [3.63, 3.8) is 0 Å². The Morgan fingerprint density at radius 2 is 1.84 bits per heavy atom. The lowest BCUT2D eigenvalue weighted by Gasteiger charge is -2.30. The van der Waals surface area contributed by atoms with Crippen molar-refractivity contribution in [3.8, 4) is 0 Å². The minimum absolute atomic E-state index is 0.0721. The Balaban J connectivity index is 1.92. The lowest BCUT2D eigenvalue weighted by Crippen LogP contribution is -2.54. The number of carboxylic acid groups (broad SMARTS) is 1. The van der Waals surface area contributed by atoms with Gasteiger partial charge in [0.15, 0.2) is 0 Å². The van der Waals surface area contributed by atoms with Crippen molar-refractivity contribution in [1.29, 1.82) is 0 Å². The van der Waals surface area contributed by atoms with Crippen LogP contribution in [0.25, 0.3) is 0 Å². The lowest BCUT2D eigenvalue weighted by atomic mass is 9.73. The second kappa shape index (κ2) is 13.3. The summed E-state index contributed by atoms with van der Waals surface area (Å²) in [6.45, 7) is 5.31. The summed E-state index contributed by atoms with van der Waals surface area (Å²) in [6, 6.07) is 5.22. The van der Waals surface area contributed by atoms with Gasteiger partial charge in [0.1, 0.15) is 0 Å². The molecule has 1 heterocycles. The number of nitrogens with one attached hydrogen (secondary N) is 2. The highest BCUT2D eigenvalue weighted by Crippen LogP contribution is 2.21. The van der Waals surface area contributed by atoms with Crippen molar-refractivity contribution in [2.45, 2.75) is 26.2 Å². The first-order valence-corrected chi connectivity index (χ1v) is 11.9. The maximum Gasteiger partial charge on any atom is 0.480 e. The zero-order valence-electron chi connectivity index (χ0n) is 18.1. The molecule has 0 aliphatic carbocycles. The largest absolute Gasteiger partial charge is 0.480 e. The molecule has 2 rings (SSSR count). The van der Waals surface area contributed by atoms with Crippen LogP contribution in [0.3, 0.4) is 0 Å². The van der Waals surface area contributed by atoms with E-state index in [4.69, 9.17) is 14.4 Å². The fourth-order valence-corrected chi connectivity index (χ4v) is 4.06. The molecule has 1 aliphatic rings. The molecular weight excluding hydrogens is 549 g/mol. The smallest absolute Gasteiger partial charge is 0.480 e. The number of carboxylic acids is 1. The summed E-state index contributed by atoms with van der Waals surface area (Å²) in [4.78, 5) is 37.7. The Labute approximate surface area is 205 Å². The van der Waals surface area contributed by atoms with Crippen molar-refractivity contribution in [1.82, 2.24) is 15.5 Å². The zero-order valence-corrected chi connectivity index (χ0v) is 21.3. The van der Waals surface area contributed by atoms with E-state index in [0.717, 1.165) is 4.47 Å². The van der Waals surface area contributed by atoms with Crippen LogP contribution in [0.1, 0.15) is 30.6 Å². The number of carbonyl (C=O) groups excluding carboxylic acids is 2. The molecule has 0 unspecified atom stereocenters. The molecule has 0 saturated carbocycles. The molecule has 0 radical (unpaired) electrons. The predicted octanol–water partition coefficient (Wildman–Crippen LogP) is 1.93. The number of amides is 2. The monoisotopic (exact) mass is 575 g/mol. The van der Waals surface area contributed by atoms with Gasteiger partial charge in [-0.25, -0.2) is 0 Å². The molecule has 32 heavy (non-hydrogen) atoms. The minimum Gasteiger partial charge on any atom is -0.480 e. The third kappa shape index (κ3) is 9.18. The standard InChI is InChI=1S/C20H28BBr2N3O6/c1-13(2)9-17(21-31-7-5-26(6-8-32-21)12-19(28)29)25-18(27)11-24-20(30)15-10-14(22)3-4-16(15)23/h3-4,10,13,17H,5-9,11-12H2,1-2H3,(H,24,30)(H,25,27)(H,28,29)/t17-/m0/s1. The molecule has 9 nitrogen and oxygen atoms in total. The van der Waals surface area contributed by atoms with Gasteiger partial charge < -0.3 is 25.0 Å². The third-order valence-corrected chi connectivity index (χ3v) is 5.91. The molecule has 0 bridgehead atoms. The first-order valence-electron chi connectivity index (χ1n) is 10.4. The Kier molecular flexibility index (Phi) is 11.1. The van der Waals surface area contributed by atoms with E-state index in [1.165, 1.54) is 0 Å². The summed E-state index contributed by atoms with van der Waals surface area (Å²) in [5.74, 6) is -1.75. The van der Waals surface area contributed by atoms with Gasteiger partial charge in [0, 0.05) is 35.2 Å². The molecule has 1 aromatic carbocycles. The molecule has 12 heteroatoms. The SMILES string of the molecule is CC(C)C[C@H](NC(=O)CNC(=O)c1cc(Br)ccc1Br)B1OCCN(CC(=O)O)CCO1. The Morgan fingerprint density at radius 3 is 2.44 bits per heavy atom. The summed E-state index contributed by atoms with van der Waals surface area (Å²) in [7, 11) is -0.650. The summed E-state index contributed by atoms with van der Waals surface area (Å²) in [6.07, 6.45) is 0.625. The lowest BCUT2D eigenvalue weighted by molar-refractivity contribution is -0.138. The van der Waals surface area contributed by atoms with Crippen LogP contribution in [-0.2, 0) is 18.9 Å². The van der Waals surface area contributed by atoms with E-state index in [1.807, 2.05) is 13.8 Å². The van der Waals surface area contributed by atoms with Gasteiger partial charge >= 0.3 is 13.1 Å². The number of benzene rings is 1. The van der Waals surface area contributed by atoms with Gasteiger partial charge in [-0.15, -0.1) is 0 Å². The summed E-state index contributed by atoms with van der Waals surface area (Å²) in [5, 5.41) is 14.5. The van der Waals surface area contributed by atoms with Gasteiger partial charge in [-0.3, -0.25) is 19.3 Å². The van der Waals surface area contributed by atoms with Crippen LogP contribution in [0, 0.1) is 5.92 Å². The van der Waals surface area contributed by atoms with Crippen molar-refractivity contribution in [2.24, 2.45) is 5.92 Å². The normalized spacial score (nSPS) is 16.2. The van der Waals surface area contributed by atoms with Gasteiger partial charge in [-0.05, 0) is 46.5 Å². The Hall–Kier alpha value is -1.47. The fraction of sp³-hybridized carbons (Fsp3) is 0.550. The fourth-order valence-electron chi connectivity index (χ4n) is 3.27. The minimum atomic E-state index is -0.899. The van der Waals surface area contributed by atoms with Crippen LogP contribution < -0.4 is 10.6 Å². The van der Waals surface area contributed by atoms with E-state index in [1.54, 1.807) is 23.1 Å². The molecule has 3 N–H and O–H groups in total. The van der Waals surface area contributed by atoms with Crippen molar-refractivity contribution >= 4 is 56.8 Å². The quantitative estimate of drug-likeness (QED) is 0.385. The number of rotatable bonds is 9. The molecule has 1 saturated heterocycles. The summed E-state index contributed by atoms with van der Waals surface area (Å²) < 4.78 is 13.0. The Morgan fingerprint density at radius 1 is 1.19 bits per heavy atom. The van der Waals surface area contributed by atoms with Crippen LogP contribution in [-0.4, -0.2) is 80.2 Å². The zero-order chi connectivity index (χ0) is 23.7. The van der Waals surface area contributed by atoms with Crippen LogP contribution in [0.15, 0.2) is 27.1 Å². The third-order valence-electron chi connectivity index (χ3n) is 4.72. The maximum atomic E-state index is 12.6. The first kappa shape index (κ1) is 26.8. The predicted molar refractivity (Wildman–Crippen MR) is 127 cm³/mol. The highest BCUT2D eigenvalue weighted by molar-refractivity contribution is 9.11. The van der Waals surface area contributed by atoms with E-state index in [2.05, 4.69) is 42.5 Å². The number of hydrogen-bond acceptors (Lipinski definition) is 6. The molecule has 1 aliphatic heterocycles. The number of carbonyl (C=O) groups is 3. The van der Waals surface area contributed by atoms with Gasteiger partial charge in [-0.2, -0.15) is 0 Å². The molecular formula is C20H28BBr2N3O6. The van der Waals surface area contributed by atoms with E-state index in [9.17, 15) is 14.4 Å². The average molecular weight is 577 g/mol. The van der Waals surface area contributed by atoms with Crippen LogP contribution in [0.2, 0.25) is 0 Å². The number of aliphatic carboxylic acids is 1. The summed E-state index contributed by atoms with van der Waals surface area (Å²) >= 11 is 6.67. The van der Waals surface area contributed by atoms with Gasteiger partial charge in [0.25, 0.3) is 5.91 Å². The van der Waals surface area contributed by atoms with E-state index < -0.39 is 19.0 Å². The molecule has 1 atom stereocenters. The van der Waals surface area contributed by atoms with Crippen molar-refractivity contribution < 1.29 is 28.8 Å². The van der Waals surface area contributed by atoms with E-state index in [-0.39, 0.29) is 44.0 Å². The molecule has 2 amide bonds. The van der Waals surface area contributed by atoms with E-state index in [0.29, 0.717) is 29.5 Å². The number of hydrogen-bond donors (Lipinski definition) is 3. The maximum absolute atomic E-state index is 12.6. The average Bonchev–Trinajstić information content (AvgIpc) is 2.68. The molecule has 0 aromatic heterocycles. The van der Waals surface area contributed by atoms with Crippen LogP contribution in [0.5, 0.6) is 0 Å². The molecule has 0 spiro atoms. The number of halogens is 2. The second-order valence-electron chi connectivity index (χ2n) is 7.89. The van der Waals surface area contributed by atoms with Crippen molar-refractivity contribution in [3.05, 3.63) is 32.7 Å². The van der Waals surface area contributed by atoms with Gasteiger partial charge in [0.05, 0.1) is 24.6 Å². The van der Waals surface area contributed by atoms with Gasteiger partial charge in [-0.1, -0.05) is 29.8 Å². The van der Waals surface area contributed by atoms with Crippen LogP contribution in [0.4, 0.5) is 0 Å². The van der Waals surface area contributed by atoms with E-state index >= 15 is 0 Å². The van der Waals surface area contributed by atoms with Crippen molar-refractivity contribution in [2.75, 3.05) is 39.4 Å². The topological polar surface area (TPSA) is 117 Å². The molecule has 1 fully saturated rings. The Bertz CT molecular complexity index is 804. The van der Waals surface area contributed by atoms with Gasteiger partial charge in [0.2, 0.25) is 5.91 Å². The molecule has 176 valence electrons.